The average molecular weight is 281 g/mol. The summed E-state index contributed by atoms with van der Waals surface area (Å²) in [6.07, 6.45) is 4.26. The van der Waals surface area contributed by atoms with Gasteiger partial charge in [0.2, 0.25) is 0 Å². The van der Waals surface area contributed by atoms with E-state index in [0.717, 1.165) is 28.1 Å². The minimum Gasteiger partial charge on any atom is -0.469 e. The second kappa shape index (κ2) is 5.00. The van der Waals surface area contributed by atoms with Gasteiger partial charge in [0.05, 0.1) is 22.2 Å². The van der Waals surface area contributed by atoms with E-state index in [1.54, 1.807) is 23.8 Å². The molecule has 3 aromatic rings. The van der Waals surface area contributed by atoms with Gasteiger partial charge in [-0.3, -0.25) is 4.98 Å². The summed E-state index contributed by atoms with van der Waals surface area (Å²) in [6, 6.07) is 5.74. The van der Waals surface area contributed by atoms with Crippen LogP contribution < -0.4 is 5.73 Å². The van der Waals surface area contributed by atoms with Gasteiger partial charge >= 0.3 is 0 Å². The van der Waals surface area contributed by atoms with E-state index in [9.17, 15) is 0 Å². The van der Waals surface area contributed by atoms with E-state index in [1.165, 1.54) is 10.4 Å². The van der Waals surface area contributed by atoms with Crippen LogP contribution in [-0.2, 0) is 6.42 Å². The van der Waals surface area contributed by atoms with Crippen molar-refractivity contribution in [2.75, 3.05) is 5.73 Å². The lowest BCUT2D eigenvalue weighted by Crippen LogP contribution is -1.86. The number of pyridine rings is 1. The minimum absolute atomic E-state index is 0. The summed E-state index contributed by atoms with van der Waals surface area (Å²) >= 11 is 1.70. The SMILES string of the molecule is Cc1c(Cc2ccco2)sc2c(N)ccnc12.Cl. The van der Waals surface area contributed by atoms with Crippen LogP contribution in [0.15, 0.2) is 35.1 Å². The molecular weight excluding hydrogens is 268 g/mol. The molecule has 94 valence electrons. The molecular formula is C13H13ClN2OS. The topological polar surface area (TPSA) is 52.0 Å². The Kier molecular flexibility index (Phi) is 3.59. The summed E-state index contributed by atoms with van der Waals surface area (Å²) in [5.41, 5.74) is 8.97. The molecule has 2 N–H and O–H groups in total. The Morgan fingerprint density at radius 3 is 2.89 bits per heavy atom. The van der Waals surface area contributed by atoms with Gasteiger partial charge in [0.25, 0.3) is 0 Å². The van der Waals surface area contributed by atoms with Crippen LogP contribution in [0.5, 0.6) is 0 Å². The Labute approximate surface area is 115 Å². The van der Waals surface area contributed by atoms with Crippen molar-refractivity contribution >= 4 is 39.6 Å². The number of aromatic nitrogens is 1. The number of anilines is 1. The normalized spacial score (nSPS) is 10.5. The molecule has 0 radical (unpaired) electrons. The standard InChI is InChI=1S/C13H12N2OS.ClH/c1-8-11(7-9-3-2-6-16-9)17-13-10(14)4-5-15-12(8)13;/h2-6H,7H2,1H3,(H2,14,15);1H. The quantitative estimate of drug-likeness (QED) is 0.777. The van der Waals surface area contributed by atoms with Crippen molar-refractivity contribution in [3.63, 3.8) is 0 Å². The van der Waals surface area contributed by atoms with Crippen LogP contribution in [0.1, 0.15) is 16.2 Å². The number of rotatable bonds is 2. The lowest BCUT2D eigenvalue weighted by molar-refractivity contribution is 0.521. The zero-order valence-corrected chi connectivity index (χ0v) is 11.5. The molecule has 0 aromatic carbocycles. The fourth-order valence-corrected chi connectivity index (χ4v) is 3.11. The molecule has 0 saturated heterocycles. The minimum atomic E-state index is 0. The zero-order chi connectivity index (χ0) is 11.8. The highest BCUT2D eigenvalue weighted by Gasteiger charge is 2.12. The van der Waals surface area contributed by atoms with E-state index in [4.69, 9.17) is 10.2 Å². The van der Waals surface area contributed by atoms with Gasteiger partial charge in [-0.1, -0.05) is 0 Å². The summed E-state index contributed by atoms with van der Waals surface area (Å²) < 4.78 is 6.45. The number of halogens is 1. The molecule has 3 aromatic heterocycles. The van der Waals surface area contributed by atoms with Gasteiger partial charge in [-0.25, -0.2) is 0 Å². The molecule has 18 heavy (non-hydrogen) atoms. The van der Waals surface area contributed by atoms with Crippen molar-refractivity contribution in [2.24, 2.45) is 0 Å². The third kappa shape index (κ3) is 2.09. The van der Waals surface area contributed by atoms with Crippen LogP contribution in [0.2, 0.25) is 0 Å². The number of nitrogen functional groups attached to an aromatic ring is 1. The average Bonchev–Trinajstić information content (AvgIpc) is 2.92. The molecule has 5 heteroatoms. The van der Waals surface area contributed by atoms with Gasteiger partial charge in [0.1, 0.15) is 5.76 Å². The lowest BCUT2D eigenvalue weighted by atomic mass is 10.2. The molecule has 0 unspecified atom stereocenters. The fourth-order valence-electron chi connectivity index (χ4n) is 1.91. The van der Waals surface area contributed by atoms with Gasteiger partial charge in [-0.15, -0.1) is 23.7 Å². The second-order valence-corrected chi connectivity index (χ2v) is 5.09. The molecule has 0 aliphatic heterocycles. The van der Waals surface area contributed by atoms with Gasteiger partial charge in [-0.2, -0.15) is 0 Å². The summed E-state index contributed by atoms with van der Waals surface area (Å²) in [4.78, 5) is 5.66. The molecule has 0 amide bonds. The van der Waals surface area contributed by atoms with Crippen molar-refractivity contribution < 1.29 is 4.42 Å². The summed E-state index contributed by atoms with van der Waals surface area (Å²) in [5, 5.41) is 0. The molecule has 3 rings (SSSR count). The number of nitrogens with two attached hydrogens (primary N) is 1. The van der Waals surface area contributed by atoms with Crippen LogP contribution in [0.4, 0.5) is 5.69 Å². The summed E-state index contributed by atoms with van der Waals surface area (Å²) in [5.74, 6) is 0.971. The van der Waals surface area contributed by atoms with Gasteiger partial charge in [-0.05, 0) is 30.7 Å². The third-order valence-electron chi connectivity index (χ3n) is 2.85. The van der Waals surface area contributed by atoms with Gasteiger partial charge in [0, 0.05) is 17.5 Å². The van der Waals surface area contributed by atoms with Crippen molar-refractivity contribution in [3.8, 4) is 0 Å². The number of fused-ring (bicyclic) bond motifs is 1. The first-order valence-electron chi connectivity index (χ1n) is 5.40. The molecule has 0 aliphatic rings. The van der Waals surface area contributed by atoms with Crippen molar-refractivity contribution in [2.45, 2.75) is 13.3 Å². The smallest absolute Gasteiger partial charge is 0.108 e. The maximum absolute atomic E-state index is 5.96. The second-order valence-electron chi connectivity index (χ2n) is 3.98. The number of aryl methyl sites for hydroxylation is 1. The lowest BCUT2D eigenvalue weighted by Gasteiger charge is -1.95. The molecule has 3 heterocycles. The number of thiophene rings is 1. The Bertz CT molecular complexity index is 661. The third-order valence-corrected chi connectivity index (χ3v) is 4.18. The molecule has 0 aliphatic carbocycles. The number of hydrogen-bond donors (Lipinski definition) is 1. The zero-order valence-electron chi connectivity index (χ0n) is 9.84. The fraction of sp³-hybridized carbons (Fsp3) is 0.154. The number of hydrogen-bond acceptors (Lipinski definition) is 4. The van der Waals surface area contributed by atoms with Crippen molar-refractivity contribution in [1.82, 2.24) is 4.98 Å². The van der Waals surface area contributed by atoms with Crippen LogP contribution in [0.25, 0.3) is 10.2 Å². The first-order valence-corrected chi connectivity index (χ1v) is 6.22. The van der Waals surface area contributed by atoms with E-state index < -0.39 is 0 Å². The Morgan fingerprint density at radius 1 is 1.39 bits per heavy atom. The first-order chi connectivity index (χ1) is 8.25. The Balaban J connectivity index is 0.00000120. The first kappa shape index (κ1) is 12.9. The van der Waals surface area contributed by atoms with Crippen molar-refractivity contribution in [1.29, 1.82) is 0 Å². The van der Waals surface area contributed by atoms with Crippen molar-refractivity contribution in [3.05, 3.63) is 46.9 Å². The molecule has 0 atom stereocenters. The molecule has 3 nitrogen and oxygen atoms in total. The number of nitrogens with zero attached hydrogens (tertiary/aromatic N) is 1. The van der Waals surface area contributed by atoms with E-state index in [-0.39, 0.29) is 12.4 Å². The Hall–Kier alpha value is -1.52. The largest absolute Gasteiger partial charge is 0.469 e. The van der Waals surface area contributed by atoms with Gasteiger partial charge < -0.3 is 10.2 Å². The van der Waals surface area contributed by atoms with E-state index in [2.05, 4.69) is 11.9 Å². The molecule has 0 fully saturated rings. The predicted molar refractivity (Wildman–Crippen MR) is 77.5 cm³/mol. The van der Waals surface area contributed by atoms with Crippen LogP contribution >= 0.6 is 23.7 Å². The highest BCUT2D eigenvalue weighted by atomic mass is 35.5. The predicted octanol–water partition coefficient (Wildman–Crippen LogP) is 3.79. The summed E-state index contributed by atoms with van der Waals surface area (Å²) in [6.45, 7) is 2.09. The van der Waals surface area contributed by atoms with Crippen LogP contribution in [-0.4, -0.2) is 4.98 Å². The van der Waals surface area contributed by atoms with E-state index >= 15 is 0 Å². The number of furan rings is 1. The highest BCUT2D eigenvalue weighted by molar-refractivity contribution is 7.19. The monoisotopic (exact) mass is 280 g/mol. The molecule has 0 bridgehead atoms. The van der Waals surface area contributed by atoms with Crippen LogP contribution in [0, 0.1) is 6.92 Å². The Morgan fingerprint density at radius 2 is 2.22 bits per heavy atom. The molecule has 0 saturated carbocycles. The maximum Gasteiger partial charge on any atom is 0.108 e. The summed E-state index contributed by atoms with van der Waals surface area (Å²) in [7, 11) is 0. The highest BCUT2D eigenvalue weighted by Crippen LogP contribution is 2.34. The van der Waals surface area contributed by atoms with E-state index in [0.29, 0.717) is 0 Å². The van der Waals surface area contributed by atoms with Gasteiger partial charge in [0.15, 0.2) is 0 Å². The maximum atomic E-state index is 5.96. The van der Waals surface area contributed by atoms with E-state index in [1.807, 2.05) is 18.2 Å². The van der Waals surface area contributed by atoms with Crippen LogP contribution in [0.3, 0.4) is 0 Å². The molecule has 0 spiro atoms.